The molecule has 8 atom stereocenters. The molecule has 2 unspecified atom stereocenters. The van der Waals surface area contributed by atoms with Crippen LogP contribution in [0.1, 0.15) is 46.5 Å². The molecule has 3 saturated carbocycles. The molecule has 4 fully saturated rings. The highest BCUT2D eigenvalue weighted by Crippen LogP contribution is 2.76. The van der Waals surface area contributed by atoms with Gasteiger partial charge in [-0.1, -0.05) is 25.5 Å². The van der Waals surface area contributed by atoms with Crippen molar-refractivity contribution in [2.24, 2.45) is 28.6 Å². The van der Waals surface area contributed by atoms with E-state index in [-0.39, 0.29) is 35.1 Å². The number of Topliss-reactive ketones (excluding diaryl/α,β-unsaturated/α-hetero) is 1. The van der Waals surface area contributed by atoms with Gasteiger partial charge in [0.05, 0.1) is 6.10 Å². The number of carbonyl (C=O) groups is 2. The molecular formula is C22H29O8P. The van der Waals surface area contributed by atoms with E-state index in [2.05, 4.69) is 11.4 Å². The van der Waals surface area contributed by atoms with Crippen LogP contribution in [-0.4, -0.2) is 50.4 Å². The molecule has 0 bridgehead atoms. The average Bonchev–Trinajstić information content (AvgIpc) is 3.36. The second kappa shape index (κ2) is 6.25. The first-order valence-electron chi connectivity index (χ1n) is 10.9. The summed E-state index contributed by atoms with van der Waals surface area (Å²) in [5, 5.41) is 11.7. The number of phosphoric ester groups is 1. The van der Waals surface area contributed by atoms with E-state index in [9.17, 15) is 19.3 Å². The van der Waals surface area contributed by atoms with Gasteiger partial charge in [0.2, 0.25) is 0 Å². The fraction of sp³-hybridized carbons (Fsp3) is 0.727. The lowest BCUT2D eigenvalue weighted by Gasteiger charge is -2.55. The number of hydrogen-bond donors (Lipinski definition) is 3. The number of fused-ring (bicyclic) bond motifs is 3. The van der Waals surface area contributed by atoms with Crippen LogP contribution in [0.3, 0.4) is 0 Å². The Morgan fingerprint density at radius 2 is 2.03 bits per heavy atom. The monoisotopic (exact) mass is 452 g/mol. The summed E-state index contributed by atoms with van der Waals surface area (Å²) in [6.45, 7) is 5.04. The molecule has 5 rings (SSSR count). The molecule has 0 aromatic rings. The molecule has 1 aliphatic heterocycles. The van der Waals surface area contributed by atoms with Crippen LogP contribution in [0.15, 0.2) is 23.8 Å². The first kappa shape index (κ1) is 21.7. The Kier molecular flexibility index (Phi) is 4.37. The molecule has 1 spiro atoms. The summed E-state index contributed by atoms with van der Waals surface area (Å²) in [7, 11) is -4.82. The molecule has 170 valence electrons. The van der Waals surface area contributed by atoms with Gasteiger partial charge in [-0.2, -0.15) is 0 Å². The first-order chi connectivity index (χ1) is 14.3. The minimum atomic E-state index is -4.82. The molecule has 5 aliphatic rings. The first-order valence-corrected chi connectivity index (χ1v) is 12.4. The van der Waals surface area contributed by atoms with Gasteiger partial charge >= 0.3 is 7.82 Å². The van der Waals surface area contributed by atoms with E-state index in [0.717, 1.165) is 18.4 Å². The van der Waals surface area contributed by atoms with Crippen LogP contribution >= 0.6 is 7.82 Å². The Balaban J connectivity index is 1.50. The average molecular weight is 452 g/mol. The van der Waals surface area contributed by atoms with Crippen LogP contribution in [0.4, 0.5) is 0 Å². The minimum Gasteiger partial charge on any atom is -0.381 e. The maximum absolute atomic E-state index is 13.1. The van der Waals surface area contributed by atoms with Crippen molar-refractivity contribution in [3.8, 4) is 0 Å². The van der Waals surface area contributed by atoms with E-state index in [1.807, 2.05) is 19.9 Å². The summed E-state index contributed by atoms with van der Waals surface area (Å²) in [5.41, 5.74) is -2.26. The van der Waals surface area contributed by atoms with Crippen molar-refractivity contribution in [2.75, 3.05) is 6.61 Å². The van der Waals surface area contributed by atoms with E-state index >= 15 is 0 Å². The minimum absolute atomic E-state index is 0.000288. The molecule has 9 heteroatoms. The molecular weight excluding hydrogens is 423 g/mol. The number of hydrogen-bond acceptors (Lipinski definition) is 6. The lowest BCUT2D eigenvalue weighted by Crippen LogP contribution is -2.62. The molecule has 8 nitrogen and oxygen atoms in total. The number of phosphoric acid groups is 1. The Hall–Kier alpha value is -1.15. The number of ketones is 2. The lowest BCUT2D eigenvalue weighted by molar-refractivity contribution is -0.165. The lowest BCUT2D eigenvalue weighted by atomic mass is 9.46. The second-order valence-corrected chi connectivity index (χ2v) is 11.7. The molecule has 1 heterocycles. The zero-order chi connectivity index (χ0) is 22.6. The van der Waals surface area contributed by atoms with Crippen LogP contribution in [0.2, 0.25) is 0 Å². The number of epoxide rings is 1. The van der Waals surface area contributed by atoms with Crippen molar-refractivity contribution in [3.63, 3.8) is 0 Å². The Morgan fingerprint density at radius 1 is 1.32 bits per heavy atom. The Bertz CT molecular complexity index is 982. The second-order valence-electron chi connectivity index (χ2n) is 10.5. The third-order valence-corrected chi connectivity index (χ3v) is 9.77. The molecule has 0 aromatic carbocycles. The van der Waals surface area contributed by atoms with Crippen molar-refractivity contribution in [3.05, 3.63) is 23.8 Å². The predicted molar refractivity (Wildman–Crippen MR) is 109 cm³/mol. The summed E-state index contributed by atoms with van der Waals surface area (Å²) in [5.74, 6) is -0.942. The van der Waals surface area contributed by atoms with E-state index in [0.29, 0.717) is 12.8 Å². The summed E-state index contributed by atoms with van der Waals surface area (Å²) in [6, 6.07) is 0. The Morgan fingerprint density at radius 3 is 2.71 bits per heavy atom. The maximum atomic E-state index is 13.1. The van der Waals surface area contributed by atoms with Gasteiger partial charge in [0.25, 0.3) is 0 Å². The fourth-order valence-corrected chi connectivity index (χ4v) is 8.12. The summed E-state index contributed by atoms with van der Waals surface area (Å²) in [4.78, 5) is 43.1. The maximum Gasteiger partial charge on any atom is 0.470 e. The van der Waals surface area contributed by atoms with E-state index in [4.69, 9.17) is 14.5 Å². The van der Waals surface area contributed by atoms with Crippen molar-refractivity contribution < 1.29 is 38.3 Å². The number of carbonyl (C=O) groups excluding carboxylic acids is 2. The summed E-state index contributed by atoms with van der Waals surface area (Å²) in [6.07, 6.45) is 7.84. The number of ether oxygens (including phenoxy) is 1. The van der Waals surface area contributed by atoms with E-state index in [1.54, 1.807) is 12.2 Å². The third kappa shape index (κ3) is 2.58. The van der Waals surface area contributed by atoms with E-state index < -0.39 is 36.8 Å². The van der Waals surface area contributed by atoms with E-state index in [1.165, 1.54) is 0 Å². The predicted octanol–water partition coefficient (Wildman–Crippen LogP) is 2.08. The van der Waals surface area contributed by atoms with Gasteiger partial charge in [0.1, 0.15) is 17.8 Å². The number of rotatable bonds is 4. The normalized spacial score (nSPS) is 50.1. The molecule has 0 radical (unpaired) electrons. The zero-order valence-electron chi connectivity index (χ0n) is 17.9. The quantitative estimate of drug-likeness (QED) is 0.436. The fourth-order valence-electron chi connectivity index (χ4n) is 7.83. The van der Waals surface area contributed by atoms with Crippen LogP contribution in [0.25, 0.3) is 0 Å². The van der Waals surface area contributed by atoms with Gasteiger partial charge in [-0.3, -0.25) is 14.1 Å². The van der Waals surface area contributed by atoms with Crippen molar-refractivity contribution in [1.82, 2.24) is 0 Å². The highest BCUT2D eigenvalue weighted by atomic mass is 31.2. The topological polar surface area (TPSA) is 134 Å². The van der Waals surface area contributed by atoms with Gasteiger partial charge in [-0.15, -0.1) is 0 Å². The van der Waals surface area contributed by atoms with Crippen LogP contribution < -0.4 is 0 Å². The van der Waals surface area contributed by atoms with Crippen LogP contribution in [-0.2, 0) is 23.4 Å². The highest BCUT2D eigenvalue weighted by molar-refractivity contribution is 7.46. The van der Waals surface area contributed by atoms with Crippen molar-refractivity contribution in [2.45, 2.75) is 63.8 Å². The number of aliphatic hydroxyl groups is 1. The van der Waals surface area contributed by atoms with Gasteiger partial charge in [0.15, 0.2) is 11.6 Å². The molecule has 1 saturated heterocycles. The summed E-state index contributed by atoms with van der Waals surface area (Å²) >= 11 is 0. The third-order valence-electron chi connectivity index (χ3n) is 9.30. The van der Waals surface area contributed by atoms with Gasteiger partial charge in [-0.25, -0.2) is 4.57 Å². The smallest absolute Gasteiger partial charge is 0.381 e. The van der Waals surface area contributed by atoms with Crippen LogP contribution in [0.5, 0.6) is 0 Å². The van der Waals surface area contributed by atoms with Gasteiger partial charge in [-0.05, 0) is 62.5 Å². The Labute approximate surface area is 180 Å². The summed E-state index contributed by atoms with van der Waals surface area (Å²) < 4.78 is 22.0. The largest absolute Gasteiger partial charge is 0.470 e. The SMILES string of the molecule is C[C@H]1CC2C3CCC4=CC(=O)C=C[C@]4(C)[C@]34O[C@@H]4C[C@]2(C)[C@@]1(O)C(=O)COP(=O)(O)O. The van der Waals surface area contributed by atoms with Crippen LogP contribution in [0, 0.1) is 28.6 Å². The van der Waals surface area contributed by atoms with Gasteiger partial charge in [0, 0.05) is 10.8 Å². The molecule has 0 amide bonds. The van der Waals surface area contributed by atoms with Crippen molar-refractivity contribution in [1.29, 1.82) is 0 Å². The molecule has 4 aliphatic carbocycles. The molecule has 31 heavy (non-hydrogen) atoms. The molecule has 3 N–H and O–H groups in total. The van der Waals surface area contributed by atoms with Gasteiger partial charge < -0.3 is 19.6 Å². The zero-order valence-corrected chi connectivity index (χ0v) is 18.8. The van der Waals surface area contributed by atoms with Crippen molar-refractivity contribution >= 4 is 19.4 Å². The highest BCUT2D eigenvalue weighted by Gasteiger charge is 2.81. The number of allylic oxidation sites excluding steroid dienone is 2. The standard InChI is InChI=1S/C22H29O8P/c1-12-8-16-15-5-4-13-9-14(23)6-7-19(13,2)22(15)18(30-22)10-20(16,3)21(12,25)17(24)11-29-31(26,27)28/h6-7,9,12,15-16,18,25H,4-5,8,10-11H2,1-3H3,(H2,26,27,28)/t12-,15?,16?,18+,19-,20-,21-,22-/m0/s1. The molecule has 0 aromatic heterocycles.